The van der Waals surface area contributed by atoms with E-state index in [0.717, 1.165) is 22.7 Å². The predicted octanol–water partition coefficient (Wildman–Crippen LogP) is 4.14. The SMILES string of the molecule is CC(c1cncnc1)c1cc(C(=O)Cc2ccc(F)cn2)c2ncccc2c1. The van der Waals surface area contributed by atoms with Crippen LogP contribution in [-0.4, -0.2) is 25.7 Å². The molecule has 4 rings (SSSR count). The first kappa shape index (κ1) is 17.9. The first-order valence-corrected chi connectivity index (χ1v) is 8.89. The highest BCUT2D eigenvalue weighted by atomic mass is 19.1. The fourth-order valence-electron chi connectivity index (χ4n) is 3.18. The number of hydrogen-bond donors (Lipinski definition) is 0. The highest BCUT2D eigenvalue weighted by Crippen LogP contribution is 2.29. The molecule has 1 atom stereocenters. The van der Waals surface area contributed by atoms with Crippen molar-refractivity contribution in [2.45, 2.75) is 19.3 Å². The zero-order valence-corrected chi connectivity index (χ0v) is 15.2. The zero-order valence-electron chi connectivity index (χ0n) is 15.2. The molecule has 0 amide bonds. The summed E-state index contributed by atoms with van der Waals surface area (Å²) in [7, 11) is 0. The summed E-state index contributed by atoms with van der Waals surface area (Å²) in [5, 5.41) is 0.888. The molecule has 0 N–H and O–H groups in total. The van der Waals surface area contributed by atoms with Crippen LogP contribution in [0.1, 0.15) is 40.0 Å². The number of aromatic nitrogens is 4. The number of rotatable bonds is 5. The van der Waals surface area contributed by atoms with Crippen molar-refractivity contribution in [2.24, 2.45) is 0 Å². The number of halogens is 1. The second-order valence-corrected chi connectivity index (χ2v) is 6.60. The van der Waals surface area contributed by atoms with E-state index in [1.54, 1.807) is 18.6 Å². The maximum atomic E-state index is 13.1. The summed E-state index contributed by atoms with van der Waals surface area (Å²) < 4.78 is 13.1. The quantitative estimate of drug-likeness (QED) is 0.493. The average Bonchev–Trinajstić information content (AvgIpc) is 2.74. The molecule has 0 saturated heterocycles. The molecule has 0 radical (unpaired) electrons. The lowest BCUT2D eigenvalue weighted by Gasteiger charge is -2.15. The number of nitrogens with zero attached hydrogens (tertiary/aromatic N) is 4. The third-order valence-corrected chi connectivity index (χ3v) is 4.74. The molecule has 28 heavy (non-hydrogen) atoms. The van der Waals surface area contributed by atoms with Gasteiger partial charge in [0.15, 0.2) is 5.78 Å². The molecule has 0 fully saturated rings. The maximum Gasteiger partial charge on any atom is 0.171 e. The van der Waals surface area contributed by atoms with Crippen molar-refractivity contribution < 1.29 is 9.18 Å². The van der Waals surface area contributed by atoms with Gasteiger partial charge in [-0.3, -0.25) is 14.8 Å². The number of carbonyl (C=O) groups is 1. The van der Waals surface area contributed by atoms with Crippen molar-refractivity contribution in [1.82, 2.24) is 19.9 Å². The van der Waals surface area contributed by atoms with Gasteiger partial charge in [0, 0.05) is 41.2 Å². The minimum Gasteiger partial charge on any atom is -0.294 e. The Balaban J connectivity index is 1.76. The number of pyridine rings is 2. The zero-order chi connectivity index (χ0) is 19.5. The molecule has 0 aliphatic heterocycles. The smallest absolute Gasteiger partial charge is 0.171 e. The van der Waals surface area contributed by atoms with E-state index < -0.39 is 5.82 Å². The fraction of sp³-hybridized carbons (Fsp3) is 0.136. The molecule has 0 bridgehead atoms. The van der Waals surface area contributed by atoms with Crippen LogP contribution < -0.4 is 0 Å². The van der Waals surface area contributed by atoms with Gasteiger partial charge in [-0.1, -0.05) is 13.0 Å². The van der Waals surface area contributed by atoms with Crippen molar-refractivity contribution in [3.05, 3.63) is 95.7 Å². The molecule has 0 saturated carbocycles. The first-order chi connectivity index (χ1) is 13.6. The van der Waals surface area contributed by atoms with Crippen LogP contribution in [0.4, 0.5) is 4.39 Å². The Labute approximate surface area is 161 Å². The summed E-state index contributed by atoms with van der Waals surface area (Å²) >= 11 is 0. The van der Waals surface area contributed by atoms with Crippen molar-refractivity contribution in [2.75, 3.05) is 0 Å². The molecule has 1 unspecified atom stereocenters. The normalized spacial score (nSPS) is 12.1. The molecule has 3 heterocycles. The van der Waals surface area contributed by atoms with Gasteiger partial charge in [-0.2, -0.15) is 0 Å². The molecule has 1 aromatic carbocycles. The molecule has 4 aromatic rings. The number of benzene rings is 1. The highest BCUT2D eigenvalue weighted by Gasteiger charge is 2.17. The Morgan fingerprint density at radius 1 is 1.04 bits per heavy atom. The topological polar surface area (TPSA) is 68.6 Å². The van der Waals surface area contributed by atoms with E-state index in [1.807, 2.05) is 31.2 Å². The molecule has 3 aromatic heterocycles. The van der Waals surface area contributed by atoms with Crippen LogP contribution >= 0.6 is 0 Å². The van der Waals surface area contributed by atoms with Crippen LogP contribution in [0.2, 0.25) is 0 Å². The van der Waals surface area contributed by atoms with E-state index in [4.69, 9.17) is 0 Å². The van der Waals surface area contributed by atoms with Crippen molar-refractivity contribution in [3.8, 4) is 0 Å². The van der Waals surface area contributed by atoms with Gasteiger partial charge < -0.3 is 0 Å². The molecule has 6 heteroatoms. The van der Waals surface area contributed by atoms with Gasteiger partial charge in [0.25, 0.3) is 0 Å². The first-order valence-electron chi connectivity index (χ1n) is 8.89. The van der Waals surface area contributed by atoms with Crippen molar-refractivity contribution >= 4 is 16.7 Å². The Morgan fingerprint density at radius 3 is 2.61 bits per heavy atom. The largest absolute Gasteiger partial charge is 0.294 e. The summed E-state index contributed by atoms with van der Waals surface area (Å²) in [5.41, 5.74) is 3.64. The molecule has 0 spiro atoms. The van der Waals surface area contributed by atoms with E-state index in [1.165, 1.54) is 18.5 Å². The molecule has 5 nitrogen and oxygen atoms in total. The van der Waals surface area contributed by atoms with Gasteiger partial charge in [0.2, 0.25) is 0 Å². The van der Waals surface area contributed by atoms with Gasteiger partial charge >= 0.3 is 0 Å². The van der Waals surface area contributed by atoms with E-state index >= 15 is 0 Å². The maximum absolute atomic E-state index is 13.1. The monoisotopic (exact) mass is 372 g/mol. The van der Waals surface area contributed by atoms with Crippen LogP contribution in [-0.2, 0) is 6.42 Å². The lowest BCUT2D eigenvalue weighted by atomic mass is 9.90. The Morgan fingerprint density at radius 2 is 1.86 bits per heavy atom. The Bertz CT molecular complexity index is 1130. The lowest BCUT2D eigenvalue weighted by molar-refractivity contribution is 0.0993. The van der Waals surface area contributed by atoms with Crippen LogP contribution in [0.25, 0.3) is 10.9 Å². The Hall–Kier alpha value is -3.54. The molecule has 0 aliphatic carbocycles. The van der Waals surface area contributed by atoms with E-state index in [0.29, 0.717) is 16.8 Å². The number of carbonyl (C=O) groups excluding carboxylic acids is 1. The number of ketones is 1. The van der Waals surface area contributed by atoms with Crippen LogP contribution in [0.15, 0.2) is 67.5 Å². The average molecular weight is 372 g/mol. The van der Waals surface area contributed by atoms with Crippen LogP contribution in [0.3, 0.4) is 0 Å². The standard InChI is InChI=1S/C22H17FN4O/c1-14(17-10-24-13-25-11-17)16-7-15-3-2-6-26-22(15)20(8-16)21(28)9-19-5-4-18(23)12-27-19/h2-8,10-14H,9H2,1H3. The highest BCUT2D eigenvalue weighted by molar-refractivity contribution is 6.07. The summed E-state index contributed by atoms with van der Waals surface area (Å²) in [6, 6.07) is 10.5. The number of hydrogen-bond acceptors (Lipinski definition) is 5. The Kier molecular flexibility index (Phi) is 4.85. The van der Waals surface area contributed by atoms with Gasteiger partial charge in [-0.25, -0.2) is 14.4 Å². The third-order valence-electron chi connectivity index (χ3n) is 4.74. The van der Waals surface area contributed by atoms with E-state index in [-0.39, 0.29) is 18.1 Å². The fourth-order valence-corrected chi connectivity index (χ4v) is 3.18. The van der Waals surface area contributed by atoms with Crippen molar-refractivity contribution in [1.29, 1.82) is 0 Å². The minimum absolute atomic E-state index is 0.0151. The van der Waals surface area contributed by atoms with E-state index in [2.05, 4.69) is 19.9 Å². The number of fused-ring (bicyclic) bond motifs is 1. The summed E-state index contributed by atoms with van der Waals surface area (Å²) in [6.07, 6.45) is 7.91. The van der Waals surface area contributed by atoms with Crippen LogP contribution in [0.5, 0.6) is 0 Å². The summed E-state index contributed by atoms with van der Waals surface area (Å²) in [6.45, 7) is 2.05. The second-order valence-electron chi connectivity index (χ2n) is 6.60. The lowest BCUT2D eigenvalue weighted by Crippen LogP contribution is -2.08. The van der Waals surface area contributed by atoms with Gasteiger partial charge in [0.05, 0.1) is 18.1 Å². The van der Waals surface area contributed by atoms with Gasteiger partial charge in [-0.05, 0) is 41.5 Å². The van der Waals surface area contributed by atoms with Gasteiger partial charge in [-0.15, -0.1) is 0 Å². The van der Waals surface area contributed by atoms with Crippen LogP contribution in [0, 0.1) is 5.82 Å². The molecule has 138 valence electrons. The van der Waals surface area contributed by atoms with E-state index in [9.17, 15) is 9.18 Å². The molecular weight excluding hydrogens is 355 g/mol. The third kappa shape index (κ3) is 3.62. The molecule has 0 aliphatic rings. The summed E-state index contributed by atoms with van der Waals surface area (Å²) in [4.78, 5) is 29.6. The summed E-state index contributed by atoms with van der Waals surface area (Å²) in [5.74, 6) is -0.522. The second kappa shape index (κ2) is 7.60. The van der Waals surface area contributed by atoms with Gasteiger partial charge in [0.1, 0.15) is 12.1 Å². The minimum atomic E-state index is -0.427. The predicted molar refractivity (Wildman–Crippen MR) is 104 cm³/mol. The molecular formula is C22H17FN4O. The number of Topliss-reactive ketones (excluding diaryl/α,β-unsaturated/α-hetero) is 1. The van der Waals surface area contributed by atoms with Crippen molar-refractivity contribution in [3.63, 3.8) is 0 Å².